The standard InChI is InChI=1S/C17H31N3/c1-18-9-7-14(8-10-18)11-20-16-5-6-17(20)13-19(12-16)15-3-2-4-15/h14-17H,2-13H2,1H3. The summed E-state index contributed by atoms with van der Waals surface area (Å²) in [6.45, 7) is 6.81. The van der Waals surface area contributed by atoms with E-state index in [1.165, 1.54) is 77.7 Å². The van der Waals surface area contributed by atoms with E-state index < -0.39 is 0 Å². The molecule has 0 amide bonds. The van der Waals surface area contributed by atoms with Gasteiger partial charge in [0.1, 0.15) is 0 Å². The summed E-state index contributed by atoms with van der Waals surface area (Å²) < 4.78 is 0. The Labute approximate surface area is 124 Å². The Morgan fingerprint density at radius 1 is 0.800 bits per heavy atom. The molecule has 4 aliphatic rings. The van der Waals surface area contributed by atoms with E-state index in [1.54, 1.807) is 0 Å². The molecule has 20 heavy (non-hydrogen) atoms. The highest BCUT2D eigenvalue weighted by Crippen LogP contribution is 2.36. The lowest BCUT2D eigenvalue weighted by atomic mass is 9.90. The van der Waals surface area contributed by atoms with Crippen LogP contribution in [-0.2, 0) is 0 Å². The monoisotopic (exact) mass is 277 g/mol. The first-order valence-corrected chi connectivity index (χ1v) is 8.98. The third-order valence-corrected chi connectivity index (χ3v) is 6.56. The van der Waals surface area contributed by atoms with E-state index in [9.17, 15) is 0 Å². The van der Waals surface area contributed by atoms with Gasteiger partial charge in [0.25, 0.3) is 0 Å². The molecule has 0 spiro atoms. The van der Waals surface area contributed by atoms with Crippen LogP contribution in [-0.4, -0.2) is 72.6 Å². The molecule has 0 aromatic rings. The van der Waals surface area contributed by atoms with Crippen molar-refractivity contribution in [3.05, 3.63) is 0 Å². The second-order valence-electron chi connectivity index (χ2n) is 7.87. The zero-order valence-electron chi connectivity index (χ0n) is 13.1. The average Bonchev–Trinajstić information content (AvgIpc) is 2.62. The van der Waals surface area contributed by atoms with E-state index in [1.807, 2.05) is 0 Å². The predicted octanol–water partition coefficient (Wildman–Crippen LogP) is 2.03. The molecule has 3 heteroatoms. The van der Waals surface area contributed by atoms with E-state index in [0.29, 0.717) is 0 Å². The van der Waals surface area contributed by atoms with Gasteiger partial charge in [-0.05, 0) is 64.6 Å². The first-order chi connectivity index (χ1) is 9.79. The van der Waals surface area contributed by atoms with Crippen LogP contribution in [0.15, 0.2) is 0 Å². The summed E-state index contributed by atoms with van der Waals surface area (Å²) in [5.74, 6) is 0.976. The second kappa shape index (κ2) is 5.58. The number of hydrogen-bond acceptors (Lipinski definition) is 3. The Hall–Kier alpha value is -0.120. The van der Waals surface area contributed by atoms with Gasteiger partial charge in [-0.3, -0.25) is 9.80 Å². The summed E-state index contributed by atoms with van der Waals surface area (Å²) in [6.07, 6.45) is 10.2. The van der Waals surface area contributed by atoms with Crippen molar-refractivity contribution in [2.75, 3.05) is 39.8 Å². The van der Waals surface area contributed by atoms with Crippen LogP contribution in [0.3, 0.4) is 0 Å². The lowest BCUT2D eigenvalue weighted by Gasteiger charge is -2.48. The Morgan fingerprint density at radius 2 is 1.45 bits per heavy atom. The van der Waals surface area contributed by atoms with Crippen LogP contribution < -0.4 is 0 Å². The van der Waals surface area contributed by atoms with Crippen LogP contribution in [0.1, 0.15) is 44.9 Å². The summed E-state index contributed by atoms with van der Waals surface area (Å²) in [6, 6.07) is 2.76. The first-order valence-electron chi connectivity index (χ1n) is 8.98. The van der Waals surface area contributed by atoms with Gasteiger partial charge in [0, 0.05) is 37.8 Å². The van der Waals surface area contributed by atoms with Crippen molar-refractivity contribution in [1.82, 2.24) is 14.7 Å². The first kappa shape index (κ1) is 13.5. The zero-order valence-corrected chi connectivity index (χ0v) is 13.1. The summed E-state index contributed by atoms with van der Waals surface area (Å²) >= 11 is 0. The Balaban J connectivity index is 1.33. The van der Waals surface area contributed by atoms with E-state index in [2.05, 4.69) is 21.7 Å². The Morgan fingerprint density at radius 3 is 2.00 bits per heavy atom. The molecule has 1 aliphatic carbocycles. The fraction of sp³-hybridized carbons (Fsp3) is 1.00. The molecule has 4 rings (SSSR count). The third-order valence-electron chi connectivity index (χ3n) is 6.56. The van der Waals surface area contributed by atoms with Gasteiger partial charge in [-0.25, -0.2) is 0 Å². The molecule has 0 aromatic heterocycles. The maximum Gasteiger partial charge on any atom is 0.0227 e. The number of nitrogens with zero attached hydrogens (tertiary/aromatic N) is 3. The van der Waals surface area contributed by atoms with Crippen LogP contribution in [0.4, 0.5) is 0 Å². The van der Waals surface area contributed by atoms with Gasteiger partial charge < -0.3 is 4.90 Å². The highest BCUT2D eigenvalue weighted by Gasteiger charge is 2.43. The van der Waals surface area contributed by atoms with Crippen LogP contribution in [0.25, 0.3) is 0 Å². The maximum absolute atomic E-state index is 2.92. The molecule has 4 fully saturated rings. The highest BCUT2D eigenvalue weighted by molar-refractivity contribution is 4.99. The third kappa shape index (κ3) is 2.53. The van der Waals surface area contributed by atoms with Crippen molar-refractivity contribution in [2.24, 2.45) is 5.92 Å². The number of hydrogen-bond donors (Lipinski definition) is 0. The van der Waals surface area contributed by atoms with Crippen molar-refractivity contribution in [1.29, 1.82) is 0 Å². The van der Waals surface area contributed by atoms with Crippen molar-refractivity contribution in [2.45, 2.75) is 63.1 Å². The smallest absolute Gasteiger partial charge is 0.0227 e. The summed E-state index contributed by atoms with van der Waals surface area (Å²) in [5.41, 5.74) is 0. The normalized spacial score (nSPS) is 38.2. The SMILES string of the molecule is CN1CCC(CN2C3CCC2CN(C2CCC2)C3)CC1. The molecule has 2 bridgehead atoms. The quantitative estimate of drug-likeness (QED) is 0.781. The Bertz CT molecular complexity index is 319. The molecule has 0 N–H and O–H groups in total. The van der Waals surface area contributed by atoms with Crippen molar-refractivity contribution in [3.63, 3.8) is 0 Å². The molecule has 3 nitrogen and oxygen atoms in total. The molecule has 2 atom stereocenters. The lowest BCUT2D eigenvalue weighted by molar-refractivity contribution is 0.00563. The lowest BCUT2D eigenvalue weighted by Crippen LogP contribution is -2.58. The minimum atomic E-state index is 0.897. The largest absolute Gasteiger partial charge is 0.306 e. The number of fused-ring (bicyclic) bond motifs is 2. The predicted molar refractivity (Wildman–Crippen MR) is 82.9 cm³/mol. The fourth-order valence-corrected chi connectivity index (χ4v) is 4.91. The van der Waals surface area contributed by atoms with Crippen molar-refractivity contribution >= 4 is 0 Å². The van der Waals surface area contributed by atoms with Crippen molar-refractivity contribution < 1.29 is 0 Å². The molecule has 2 unspecified atom stereocenters. The molecule has 0 aromatic carbocycles. The van der Waals surface area contributed by atoms with Crippen LogP contribution in [0.2, 0.25) is 0 Å². The highest BCUT2D eigenvalue weighted by atomic mass is 15.3. The van der Waals surface area contributed by atoms with Gasteiger partial charge in [-0.2, -0.15) is 0 Å². The summed E-state index contributed by atoms with van der Waals surface area (Å²) in [5, 5.41) is 0. The molecule has 1 saturated carbocycles. The van der Waals surface area contributed by atoms with Gasteiger partial charge in [-0.15, -0.1) is 0 Å². The van der Waals surface area contributed by atoms with Crippen LogP contribution >= 0.6 is 0 Å². The zero-order chi connectivity index (χ0) is 13.5. The van der Waals surface area contributed by atoms with E-state index in [-0.39, 0.29) is 0 Å². The fourth-order valence-electron chi connectivity index (χ4n) is 4.91. The van der Waals surface area contributed by atoms with Crippen LogP contribution in [0, 0.1) is 5.92 Å². The number of rotatable bonds is 3. The van der Waals surface area contributed by atoms with Crippen LogP contribution in [0.5, 0.6) is 0 Å². The number of piperidine rings is 1. The van der Waals surface area contributed by atoms with Gasteiger partial charge in [0.15, 0.2) is 0 Å². The average molecular weight is 277 g/mol. The molecule has 3 heterocycles. The molecule has 3 aliphatic heterocycles. The molecular weight excluding hydrogens is 246 g/mol. The van der Waals surface area contributed by atoms with Crippen molar-refractivity contribution in [3.8, 4) is 0 Å². The minimum Gasteiger partial charge on any atom is -0.306 e. The van der Waals surface area contributed by atoms with Gasteiger partial charge in [0.2, 0.25) is 0 Å². The topological polar surface area (TPSA) is 9.72 Å². The summed E-state index contributed by atoms with van der Waals surface area (Å²) in [7, 11) is 2.28. The van der Waals surface area contributed by atoms with E-state index in [4.69, 9.17) is 0 Å². The minimum absolute atomic E-state index is 0.897. The van der Waals surface area contributed by atoms with Gasteiger partial charge in [0.05, 0.1) is 0 Å². The molecule has 114 valence electrons. The number of likely N-dealkylation sites (tertiary alicyclic amines) is 2. The van der Waals surface area contributed by atoms with E-state index >= 15 is 0 Å². The van der Waals surface area contributed by atoms with Gasteiger partial charge in [-0.1, -0.05) is 6.42 Å². The molecular formula is C17H31N3. The van der Waals surface area contributed by atoms with E-state index in [0.717, 1.165) is 24.0 Å². The number of piperazine rings is 1. The summed E-state index contributed by atoms with van der Waals surface area (Å²) in [4.78, 5) is 8.27. The maximum atomic E-state index is 2.92. The second-order valence-corrected chi connectivity index (χ2v) is 7.87. The Kier molecular flexibility index (Phi) is 3.78. The molecule has 0 radical (unpaired) electrons. The van der Waals surface area contributed by atoms with Gasteiger partial charge >= 0.3 is 0 Å². The molecule has 3 saturated heterocycles.